The van der Waals surface area contributed by atoms with Crippen LogP contribution in [0.4, 0.5) is 14.9 Å². The zero-order valence-electron chi connectivity index (χ0n) is 14.5. The van der Waals surface area contributed by atoms with Gasteiger partial charge in [-0.25, -0.2) is 9.18 Å². The summed E-state index contributed by atoms with van der Waals surface area (Å²) in [6.07, 6.45) is 0. The standard InChI is InChI=1S/C19H19BrFN3O3/c20-16-12-14(21)6-7-17(16)27-13-18(25)23-8-10-24(11-9-23)19(26)22-15-4-2-1-3-5-15/h1-7,12H,8-11,13H2,(H,22,26). The average Bonchev–Trinajstić information content (AvgIpc) is 2.68. The molecular formula is C19H19BrFN3O3. The molecule has 0 saturated carbocycles. The Morgan fingerprint density at radius 1 is 1.04 bits per heavy atom. The zero-order chi connectivity index (χ0) is 19.2. The van der Waals surface area contributed by atoms with Crippen molar-refractivity contribution >= 4 is 33.6 Å². The van der Waals surface area contributed by atoms with Gasteiger partial charge in [-0.2, -0.15) is 0 Å². The van der Waals surface area contributed by atoms with E-state index in [1.54, 1.807) is 9.80 Å². The maximum Gasteiger partial charge on any atom is 0.321 e. The van der Waals surface area contributed by atoms with Crippen molar-refractivity contribution < 1.29 is 18.7 Å². The molecule has 0 unspecified atom stereocenters. The molecule has 0 atom stereocenters. The number of anilines is 1. The summed E-state index contributed by atoms with van der Waals surface area (Å²) in [6, 6.07) is 13.1. The fraction of sp³-hybridized carbons (Fsp3) is 0.263. The first-order valence-corrected chi connectivity index (χ1v) is 9.29. The second-order valence-corrected chi connectivity index (χ2v) is 6.88. The van der Waals surface area contributed by atoms with Crippen molar-refractivity contribution in [2.45, 2.75) is 0 Å². The van der Waals surface area contributed by atoms with Crippen molar-refractivity contribution in [3.05, 3.63) is 58.8 Å². The minimum Gasteiger partial charge on any atom is -0.483 e. The van der Waals surface area contributed by atoms with Gasteiger partial charge in [-0.3, -0.25) is 4.79 Å². The molecule has 3 amide bonds. The number of rotatable bonds is 4. The van der Waals surface area contributed by atoms with Crippen molar-refractivity contribution in [2.75, 3.05) is 38.1 Å². The quantitative estimate of drug-likeness (QED) is 0.800. The topological polar surface area (TPSA) is 61.9 Å². The van der Waals surface area contributed by atoms with Gasteiger partial charge in [-0.05, 0) is 46.3 Å². The lowest BCUT2D eigenvalue weighted by Gasteiger charge is -2.34. The van der Waals surface area contributed by atoms with Crippen molar-refractivity contribution in [3.63, 3.8) is 0 Å². The second-order valence-electron chi connectivity index (χ2n) is 6.03. The molecule has 2 aromatic rings. The summed E-state index contributed by atoms with van der Waals surface area (Å²) in [6.45, 7) is 1.64. The molecular weight excluding hydrogens is 417 g/mol. The van der Waals surface area contributed by atoms with Crippen molar-refractivity contribution in [1.29, 1.82) is 0 Å². The fourth-order valence-corrected chi connectivity index (χ4v) is 3.17. The summed E-state index contributed by atoms with van der Waals surface area (Å²) in [7, 11) is 0. The number of para-hydroxylation sites is 1. The summed E-state index contributed by atoms with van der Waals surface area (Å²) < 4.78 is 19.0. The van der Waals surface area contributed by atoms with Crippen LogP contribution in [0.2, 0.25) is 0 Å². The first kappa shape index (κ1) is 19.2. The molecule has 27 heavy (non-hydrogen) atoms. The van der Waals surface area contributed by atoms with E-state index in [1.165, 1.54) is 18.2 Å². The number of carbonyl (C=O) groups excluding carboxylic acids is 2. The molecule has 1 aliphatic rings. The van der Waals surface area contributed by atoms with Crippen LogP contribution in [0.15, 0.2) is 53.0 Å². The number of amides is 3. The summed E-state index contributed by atoms with van der Waals surface area (Å²) >= 11 is 3.20. The predicted octanol–water partition coefficient (Wildman–Crippen LogP) is 3.34. The molecule has 0 bridgehead atoms. The highest BCUT2D eigenvalue weighted by Gasteiger charge is 2.24. The number of halogens is 2. The number of hydrogen-bond donors (Lipinski definition) is 1. The van der Waals surface area contributed by atoms with Crippen LogP contribution >= 0.6 is 15.9 Å². The zero-order valence-corrected chi connectivity index (χ0v) is 16.1. The third-order valence-corrected chi connectivity index (χ3v) is 4.81. The third-order valence-electron chi connectivity index (χ3n) is 4.19. The highest BCUT2D eigenvalue weighted by atomic mass is 79.9. The summed E-state index contributed by atoms with van der Waals surface area (Å²) in [4.78, 5) is 27.9. The second kappa shape index (κ2) is 8.85. The van der Waals surface area contributed by atoms with E-state index < -0.39 is 0 Å². The molecule has 0 aromatic heterocycles. The molecule has 1 fully saturated rings. The highest BCUT2D eigenvalue weighted by Crippen LogP contribution is 2.25. The molecule has 1 aliphatic heterocycles. The van der Waals surface area contributed by atoms with Crippen molar-refractivity contribution in [3.8, 4) is 5.75 Å². The molecule has 6 nitrogen and oxygen atoms in total. The molecule has 8 heteroatoms. The van der Waals surface area contributed by atoms with E-state index in [4.69, 9.17) is 4.74 Å². The number of nitrogens with one attached hydrogen (secondary N) is 1. The molecule has 1 saturated heterocycles. The maximum absolute atomic E-state index is 13.1. The number of nitrogens with zero attached hydrogens (tertiary/aromatic N) is 2. The molecule has 1 heterocycles. The van der Waals surface area contributed by atoms with Crippen LogP contribution in [-0.2, 0) is 4.79 Å². The molecule has 2 aromatic carbocycles. The van der Waals surface area contributed by atoms with E-state index in [1.807, 2.05) is 30.3 Å². The number of piperazine rings is 1. The number of urea groups is 1. The molecule has 0 spiro atoms. The Morgan fingerprint density at radius 3 is 2.37 bits per heavy atom. The Kier molecular flexibility index (Phi) is 6.28. The van der Waals surface area contributed by atoms with Gasteiger partial charge in [0.25, 0.3) is 5.91 Å². The summed E-state index contributed by atoms with van der Waals surface area (Å²) in [5, 5.41) is 2.84. The predicted molar refractivity (Wildman–Crippen MR) is 103 cm³/mol. The SMILES string of the molecule is O=C(COc1ccc(F)cc1Br)N1CCN(C(=O)Nc2ccccc2)CC1. The van der Waals surface area contributed by atoms with Gasteiger partial charge in [0.05, 0.1) is 4.47 Å². The van der Waals surface area contributed by atoms with Crippen molar-refractivity contribution in [2.24, 2.45) is 0 Å². The van der Waals surface area contributed by atoms with Gasteiger partial charge >= 0.3 is 6.03 Å². The van der Waals surface area contributed by atoms with E-state index in [0.29, 0.717) is 36.4 Å². The molecule has 3 rings (SSSR count). The number of ether oxygens (including phenoxy) is 1. The lowest BCUT2D eigenvalue weighted by molar-refractivity contribution is -0.134. The van der Waals surface area contributed by atoms with Crippen LogP contribution in [0.5, 0.6) is 5.75 Å². The van der Waals surface area contributed by atoms with Crippen LogP contribution in [0.1, 0.15) is 0 Å². The normalized spacial score (nSPS) is 14.0. The van der Waals surface area contributed by atoms with Gasteiger partial charge in [0.1, 0.15) is 11.6 Å². The van der Waals surface area contributed by atoms with Crippen LogP contribution < -0.4 is 10.1 Å². The Morgan fingerprint density at radius 2 is 1.70 bits per heavy atom. The average molecular weight is 436 g/mol. The number of benzene rings is 2. The Labute approximate surface area is 165 Å². The van der Waals surface area contributed by atoms with Gasteiger partial charge in [-0.15, -0.1) is 0 Å². The van der Waals surface area contributed by atoms with E-state index >= 15 is 0 Å². The van der Waals surface area contributed by atoms with E-state index in [9.17, 15) is 14.0 Å². The maximum atomic E-state index is 13.1. The molecule has 1 N–H and O–H groups in total. The highest BCUT2D eigenvalue weighted by molar-refractivity contribution is 9.10. The number of hydrogen-bond acceptors (Lipinski definition) is 3. The minimum absolute atomic E-state index is 0.138. The minimum atomic E-state index is -0.384. The first-order valence-electron chi connectivity index (χ1n) is 8.49. The Balaban J connectivity index is 1.45. The first-order chi connectivity index (χ1) is 13.0. The van der Waals surface area contributed by atoms with Crippen molar-refractivity contribution in [1.82, 2.24) is 9.80 Å². The largest absolute Gasteiger partial charge is 0.483 e. The smallest absolute Gasteiger partial charge is 0.321 e. The van der Waals surface area contributed by atoms with E-state index in [-0.39, 0.29) is 24.4 Å². The van der Waals surface area contributed by atoms with Gasteiger partial charge in [0.15, 0.2) is 6.61 Å². The molecule has 0 radical (unpaired) electrons. The summed E-state index contributed by atoms with van der Waals surface area (Å²) in [5.74, 6) is -0.148. The lowest BCUT2D eigenvalue weighted by atomic mass is 10.3. The van der Waals surface area contributed by atoms with E-state index in [0.717, 1.165) is 5.69 Å². The Hall–Kier alpha value is -2.61. The monoisotopic (exact) mass is 435 g/mol. The van der Waals surface area contributed by atoms with Crippen LogP contribution in [0, 0.1) is 5.82 Å². The van der Waals surface area contributed by atoms with E-state index in [2.05, 4.69) is 21.2 Å². The Bertz CT molecular complexity index is 811. The van der Waals surface area contributed by atoms with Crippen LogP contribution in [0.25, 0.3) is 0 Å². The third kappa shape index (κ3) is 5.19. The molecule has 0 aliphatic carbocycles. The molecule has 142 valence electrons. The van der Waals surface area contributed by atoms with Gasteiger partial charge < -0.3 is 19.9 Å². The number of carbonyl (C=O) groups is 2. The van der Waals surface area contributed by atoms with Gasteiger partial charge in [0, 0.05) is 31.9 Å². The van der Waals surface area contributed by atoms with Crippen LogP contribution in [0.3, 0.4) is 0 Å². The van der Waals surface area contributed by atoms with Crippen LogP contribution in [-0.4, -0.2) is 54.5 Å². The van der Waals surface area contributed by atoms with Gasteiger partial charge in [0.2, 0.25) is 0 Å². The van der Waals surface area contributed by atoms with Gasteiger partial charge in [-0.1, -0.05) is 18.2 Å². The summed E-state index contributed by atoms with van der Waals surface area (Å²) in [5.41, 5.74) is 0.735. The fourth-order valence-electron chi connectivity index (χ4n) is 2.71. The lowest BCUT2D eigenvalue weighted by Crippen LogP contribution is -2.52.